The number of aryl methyl sites for hydroxylation is 2. The molecule has 0 aliphatic rings. The summed E-state index contributed by atoms with van der Waals surface area (Å²) in [5.41, 5.74) is 0.498. The Hall–Kier alpha value is -3.19. The molecule has 0 fully saturated rings. The summed E-state index contributed by atoms with van der Waals surface area (Å²) in [6.45, 7) is 3.19. The minimum atomic E-state index is -0.886. The molecule has 1 N–H and O–H groups in total. The zero-order valence-corrected chi connectivity index (χ0v) is 16.0. The number of nitrogens with zero attached hydrogens (tertiary/aromatic N) is 2. The molecule has 3 rings (SSSR count). The predicted octanol–water partition coefficient (Wildman–Crippen LogP) is 3.05. The molecule has 6 nitrogen and oxygen atoms in total. The van der Waals surface area contributed by atoms with Gasteiger partial charge in [0.2, 0.25) is 5.91 Å². The van der Waals surface area contributed by atoms with Crippen molar-refractivity contribution in [2.75, 3.05) is 5.32 Å². The van der Waals surface area contributed by atoms with Gasteiger partial charge in [0.1, 0.15) is 12.4 Å². The number of amides is 1. The number of anilines is 1. The van der Waals surface area contributed by atoms with E-state index in [2.05, 4.69) is 5.32 Å². The van der Waals surface area contributed by atoms with Gasteiger partial charge in [-0.25, -0.2) is 4.39 Å². The molecule has 8 heteroatoms. The van der Waals surface area contributed by atoms with Gasteiger partial charge in [0.05, 0.1) is 5.69 Å². The van der Waals surface area contributed by atoms with E-state index in [0.717, 1.165) is 14.7 Å². The molecule has 0 aliphatic carbocycles. The van der Waals surface area contributed by atoms with Crippen LogP contribution in [0.5, 0.6) is 0 Å². The molecular weight excluding hydrogens is 385 g/mol. The fraction of sp³-hybridized carbons (Fsp3) is 0.150. The van der Waals surface area contributed by atoms with Crippen LogP contribution < -0.4 is 16.4 Å². The smallest absolute Gasteiger partial charge is 0.320 e. The molecule has 1 heterocycles. The van der Waals surface area contributed by atoms with E-state index in [9.17, 15) is 18.8 Å². The summed E-state index contributed by atoms with van der Waals surface area (Å²) in [5.74, 6) is -1.01. The predicted molar refractivity (Wildman–Crippen MR) is 106 cm³/mol. The maximum atomic E-state index is 13.5. The molecule has 3 aromatic rings. The number of nitrogens with one attached hydrogen (secondary N) is 1. The quantitative estimate of drug-likeness (QED) is 0.683. The first-order valence-corrected chi connectivity index (χ1v) is 8.78. The van der Waals surface area contributed by atoms with Gasteiger partial charge >= 0.3 is 11.1 Å². The van der Waals surface area contributed by atoms with Crippen molar-refractivity contribution in [3.05, 3.63) is 91.5 Å². The van der Waals surface area contributed by atoms with Crippen LogP contribution in [0.25, 0.3) is 5.69 Å². The average Bonchev–Trinajstić information content (AvgIpc) is 2.64. The summed E-state index contributed by atoms with van der Waals surface area (Å²) in [4.78, 5) is 37.0. The molecule has 144 valence electrons. The normalized spacial score (nSPS) is 10.7. The van der Waals surface area contributed by atoms with Gasteiger partial charge in [0.15, 0.2) is 0 Å². The third kappa shape index (κ3) is 4.04. The highest BCUT2D eigenvalue weighted by Crippen LogP contribution is 2.20. The number of hydrogen-bond donors (Lipinski definition) is 1. The molecule has 1 aromatic heterocycles. The van der Waals surface area contributed by atoms with Crippen LogP contribution in [0.2, 0.25) is 5.02 Å². The fourth-order valence-electron chi connectivity index (χ4n) is 2.69. The van der Waals surface area contributed by atoms with Crippen molar-refractivity contribution in [3.8, 4) is 5.69 Å². The molecule has 0 unspecified atom stereocenters. The van der Waals surface area contributed by atoms with E-state index < -0.39 is 22.8 Å². The second-order valence-corrected chi connectivity index (χ2v) is 6.76. The summed E-state index contributed by atoms with van der Waals surface area (Å²) in [6.07, 6.45) is 2.65. The monoisotopic (exact) mass is 401 g/mol. The van der Waals surface area contributed by atoms with Gasteiger partial charge in [-0.2, -0.15) is 0 Å². The molecule has 0 saturated heterocycles. The minimum absolute atomic E-state index is 0.271. The lowest BCUT2D eigenvalue weighted by Gasteiger charge is -2.11. The van der Waals surface area contributed by atoms with Crippen molar-refractivity contribution < 1.29 is 9.18 Å². The third-order valence-electron chi connectivity index (χ3n) is 4.26. The van der Waals surface area contributed by atoms with Crippen LogP contribution in [0.4, 0.5) is 10.1 Å². The standard InChI is InChI=1S/C20H17ClFN3O3/c1-12-4-6-15(10-16(12)21)23-18(26)11-24-7-8-25(20(28)19(24)27)17-9-14(22)5-3-13(17)2/h3-10H,11H2,1-2H3,(H,23,26). The van der Waals surface area contributed by atoms with Crippen LogP contribution in [-0.2, 0) is 11.3 Å². The van der Waals surface area contributed by atoms with E-state index in [0.29, 0.717) is 16.3 Å². The van der Waals surface area contributed by atoms with Gasteiger partial charge in [-0.05, 0) is 49.2 Å². The van der Waals surface area contributed by atoms with Crippen molar-refractivity contribution in [2.45, 2.75) is 20.4 Å². The lowest BCUT2D eigenvalue weighted by atomic mass is 10.2. The van der Waals surface area contributed by atoms with E-state index in [-0.39, 0.29) is 12.2 Å². The van der Waals surface area contributed by atoms with Crippen molar-refractivity contribution in [1.82, 2.24) is 9.13 Å². The zero-order chi connectivity index (χ0) is 20.4. The molecule has 2 aromatic carbocycles. The highest BCUT2D eigenvalue weighted by atomic mass is 35.5. The average molecular weight is 402 g/mol. The first-order valence-electron chi connectivity index (χ1n) is 8.41. The maximum absolute atomic E-state index is 13.5. The van der Waals surface area contributed by atoms with E-state index >= 15 is 0 Å². The van der Waals surface area contributed by atoms with E-state index in [4.69, 9.17) is 11.6 Å². The molecule has 0 saturated carbocycles. The summed E-state index contributed by atoms with van der Waals surface area (Å²) < 4.78 is 15.6. The van der Waals surface area contributed by atoms with Gasteiger partial charge in [0.25, 0.3) is 0 Å². The van der Waals surface area contributed by atoms with E-state index in [1.165, 1.54) is 30.6 Å². The van der Waals surface area contributed by atoms with Crippen molar-refractivity contribution >= 4 is 23.2 Å². The fourth-order valence-corrected chi connectivity index (χ4v) is 2.87. The highest BCUT2D eigenvalue weighted by molar-refractivity contribution is 6.31. The maximum Gasteiger partial charge on any atom is 0.320 e. The van der Waals surface area contributed by atoms with Crippen LogP contribution in [-0.4, -0.2) is 15.0 Å². The molecule has 0 bridgehead atoms. The minimum Gasteiger partial charge on any atom is -0.324 e. The Morgan fingerprint density at radius 1 is 1.04 bits per heavy atom. The van der Waals surface area contributed by atoms with Gasteiger partial charge in [-0.3, -0.25) is 23.5 Å². The number of hydrogen-bond acceptors (Lipinski definition) is 3. The van der Waals surface area contributed by atoms with Crippen LogP contribution in [0.3, 0.4) is 0 Å². The van der Waals surface area contributed by atoms with E-state index in [1.807, 2.05) is 6.92 Å². The van der Waals surface area contributed by atoms with Crippen molar-refractivity contribution in [2.24, 2.45) is 0 Å². The van der Waals surface area contributed by atoms with Crippen molar-refractivity contribution in [1.29, 1.82) is 0 Å². The summed E-state index contributed by atoms with van der Waals surface area (Å²) >= 11 is 6.03. The van der Waals surface area contributed by atoms with Crippen LogP contribution >= 0.6 is 11.6 Å². The Balaban J connectivity index is 1.86. The molecule has 0 radical (unpaired) electrons. The van der Waals surface area contributed by atoms with Gasteiger partial charge in [0, 0.05) is 23.1 Å². The Bertz CT molecular complexity index is 1180. The van der Waals surface area contributed by atoms with Crippen LogP contribution in [0.15, 0.2) is 58.4 Å². The molecule has 0 spiro atoms. The number of rotatable bonds is 4. The number of aromatic nitrogens is 2. The summed E-state index contributed by atoms with van der Waals surface area (Å²) in [7, 11) is 0. The Morgan fingerprint density at radius 3 is 2.46 bits per heavy atom. The number of carbonyl (C=O) groups is 1. The molecule has 0 atom stereocenters. The lowest BCUT2D eigenvalue weighted by molar-refractivity contribution is -0.116. The molecule has 28 heavy (non-hydrogen) atoms. The first-order chi connectivity index (χ1) is 13.3. The second kappa shape index (κ2) is 7.82. The Morgan fingerprint density at radius 2 is 1.75 bits per heavy atom. The molecule has 1 amide bonds. The third-order valence-corrected chi connectivity index (χ3v) is 4.67. The summed E-state index contributed by atoms with van der Waals surface area (Å²) in [5, 5.41) is 3.13. The van der Waals surface area contributed by atoms with Gasteiger partial charge < -0.3 is 5.32 Å². The van der Waals surface area contributed by atoms with Crippen molar-refractivity contribution in [3.63, 3.8) is 0 Å². The van der Waals surface area contributed by atoms with Crippen LogP contribution in [0.1, 0.15) is 11.1 Å². The molecular formula is C20H17ClFN3O3. The SMILES string of the molecule is Cc1ccc(NC(=O)Cn2ccn(-c3cc(F)ccc3C)c(=O)c2=O)cc1Cl. The Labute approximate surface area is 164 Å². The Kier molecular flexibility index (Phi) is 5.46. The second-order valence-electron chi connectivity index (χ2n) is 6.35. The van der Waals surface area contributed by atoms with Gasteiger partial charge in [-0.15, -0.1) is 0 Å². The first kappa shape index (κ1) is 19.6. The van der Waals surface area contributed by atoms with Crippen LogP contribution in [0, 0.1) is 19.7 Å². The number of benzene rings is 2. The van der Waals surface area contributed by atoms with Gasteiger partial charge in [-0.1, -0.05) is 23.7 Å². The summed E-state index contributed by atoms with van der Waals surface area (Å²) in [6, 6.07) is 9.01. The van der Waals surface area contributed by atoms with E-state index in [1.54, 1.807) is 25.1 Å². The number of halogens is 2. The topological polar surface area (TPSA) is 73.1 Å². The zero-order valence-electron chi connectivity index (χ0n) is 15.2. The highest BCUT2D eigenvalue weighted by Gasteiger charge is 2.12. The number of carbonyl (C=O) groups excluding carboxylic acids is 1. The molecule has 0 aliphatic heterocycles. The lowest BCUT2D eigenvalue weighted by Crippen LogP contribution is -2.41. The largest absolute Gasteiger partial charge is 0.324 e.